The van der Waals surface area contributed by atoms with E-state index in [1.54, 1.807) is 35.0 Å². The van der Waals surface area contributed by atoms with Crippen molar-refractivity contribution in [2.24, 2.45) is 0 Å². The maximum Gasteiger partial charge on any atom is 0.275 e. The Morgan fingerprint density at radius 1 is 1.04 bits per heavy atom. The number of carbonyl (C=O) groups excluding carboxylic acids is 1. The zero-order chi connectivity index (χ0) is 19.3. The molecule has 0 bridgehead atoms. The Labute approximate surface area is 167 Å². The van der Waals surface area contributed by atoms with E-state index in [0.717, 1.165) is 36.9 Å². The van der Waals surface area contributed by atoms with E-state index in [0.29, 0.717) is 28.5 Å². The van der Waals surface area contributed by atoms with Crippen molar-refractivity contribution in [2.75, 3.05) is 0 Å². The topological polar surface area (TPSA) is 38.1 Å². The molecule has 2 aromatic carbocycles. The molecule has 5 rings (SSSR count). The predicted octanol–water partition coefficient (Wildman–Crippen LogP) is 5.23. The molecule has 0 saturated heterocycles. The molecule has 142 valence electrons. The van der Waals surface area contributed by atoms with Crippen molar-refractivity contribution in [1.82, 2.24) is 14.7 Å². The highest BCUT2D eigenvalue weighted by atomic mass is 35.5. The Kier molecular flexibility index (Phi) is 4.20. The molecule has 0 atom stereocenters. The number of benzene rings is 2. The first kappa shape index (κ1) is 17.4. The molecule has 1 fully saturated rings. The largest absolute Gasteiger partial charge is 0.330 e. The minimum atomic E-state index is -0.327. The van der Waals surface area contributed by atoms with Crippen molar-refractivity contribution in [3.05, 3.63) is 70.6 Å². The summed E-state index contributed by atoms with van der Waals surface area (Å²) in [5.41, 5.74) is 3.07. The highest BCUT2D eigenvalue weighted by Crippen LogP contribution is 2.38. The van der Waals surface area contributed by atoms with Crippen LogP contribution in [0.1, 0.15) is 41.7 Å². The second-order valence-corrected chi connectivity index (χ2v) is 7.85. The first-order valence-electron chi connectivity index (χ1n) is 9.57. The van der Waals surface area contributed by atoms with E-state index in [4.69, 9.17) is 11.6 Å². The lowest BCUT2D eigenvalue weighted by atomic mass is 10.1. The molecule has 0 unspecified atom stereocenters. The van der Waals surface area contributed by atoms with E-state index in [1.807, 2.05) is 17.0 Å². The third kappa shape index (κ3) is 2.73. The SMILES string of the molecule is O=C1c2nn(-c3ccc(Cl)cc3)c(-c3ccccc3F)c2CN1C1CCCC1. The standard InChI is InChI=1S/C22H19ClFN3O/c23-14-9-11-16(12-10-14)27-21(17-7-3-4-8-19(17)24)18-13-26(15-5-1-2-6-15)22(28)20(18)25-27/h3-4,7-12,15H,1-2,5-6,13H2. The average molecular weight is 396 g/mol. The maximum absolute atomic E-state index is 14.7. The van der Waals surface area contributed by atoms with Crippen LogP contribution in [-0.2, 0) is 6.54 Å². The lowest BCUT2D eigenvalue weighted by molar-refractivity contribution is 0.0700. The highest BCUT2D eigenvalue weighted by Gasteiger charge is 2.39. The number of fused-ring (bicyclic) bond motifs is 1. The van der Waals surface area contributed by atoms with E-state index >= 15 is 0 Å². The number of nitrogens with zero attached hydrogens (tertiary/aromatic N) is 3. The predicted molar refractivity (Wildman–Crippen MR) is 106 cm³/mol. The van der Waals surface area contributed by atoms with Crippen molar-refractivity contribution in [1.29, 1.82) is 0 Å². The third-order valence-electron chi connectivity index (χ3n) is 5.74. The number of hydrogen-bond acceptors (Lipinski definition) is 2. The lowest BCUT2D eigenvalue weighted by Gasteiger charge is -2.24. The molecule has 4 nitrogen and oxygen atoms in total. The summed E-state index contributed by atoms with van der Waals surface area (Å²) in [6.45, 7) is 0.482. The molecule has 1 aliphatic heterocycles. The Morgan fingerprint density at radius 2 is 1.75 bits per heavy atom. The number of hydrogen-bond donors (Lipinski definition) is 0. The Morgan fingerprint density at radius 3 is 2.46 bits per heavy atom. The molecule has 0 radical (unpaired) electrons. The van der Waals surface area contributed by atoms with Crippen molar-refractivity contribution in [3.63, 3.8) is 0 Å². The van der Waals surface area contributed by atoms with Crippen LogP contribution in [0.5, 0.6) is 0 Å². The summed E-state index contributed by atoms with van der Waals surface area (Å²) in [5.74, 6) is -0.376. The van der Waals surface area contributed by atoms with Gasteiger partial charge in [0, 0.05) is 22.2 Å². The summed E-state index contributed by atoms with van der Waals surface area (Å²) in [4.78, 5) is 15.0. The normalized spacial score (nSPS) is 16.8. The smallest absolute Gasteiger partial charge is 0.275 e. The second-order valence-electron chi connectivity index (χ2n) is 7.42. The van der Waals surface area contributed by atoms with Crippen LogP contribution in [0.25, 0.3) is 16.9 Å². The van der Waals surface area contributed by atoms with E-state index in [9.17, 15) is 9.18 Å². The summed E-state index contributed by atoms with van der Waals surface area (Å²) in [6.07, 6.45) is 4.36. The van der Waals surface area contributed by atoms with Gasteiger partial charge in [0.15, 0.2) is 5.69 Å². The van der Waals surface area contributed by atoms with Crippen LogP contribution in [0.4, 0.5) is 4.39 Å². The molecule has 1 amide bonds. The molecule has 6 heteroatoms. The fourth-order valence-corrected chi connectivity index (χ4v) is 4.49. The monoisotopic (exact) mass is 395 g/mol. The van der Waals surface area contributed by atoms with Crippen LogP contribution in [0, 0.1) is 5.82 Å². The van der Waals surface area contributed by atoms with E-state index in [1.165, 1.54) is 6.07 Å². The van der Waals surface area contributed by atoms with Crippen molar-refractivity contribution >= 4 is 17.5 Å². The van der Waals surface area contributed by atoms with Crippen LogP contribution < -0.4 is 0 Å². The Balaban J connectivity index is 1.67. The molecule has 0 spiro atoms. The summed E-state index contributed by atoms with van der Waals surface area (Å²) in [6, 6.07) is 14.1. The molecule has 28 heavy (non-hydrogen) atoms. The van der Waals surface area contributed by atoms with Gasteiger partial charge in [-0.2, -0.15) is 5.10 Å². The minimum Gasteiger partial charge on any atom is -0.330 e. The third-order valence-corrected chi connectivity index (χ3v) is 5.99. The molecular weight excluding hydrogens is 377 g/mol. The Hall–Kier alpha value is -2.66. The number of aromatic nitrogens is 2. The van der Waals surface area contributed by atoms with Gasteiger partial charge in [0.1, 0.15) is 5.82 Å². The number of amides is 1. The summed E-state index contributed by atoms with van der Waals surface area (Å²) >= 11 is 6.02. The first-order chi connectivity index (χ1) is 13.6. The minimum absolute atomic E-state index is 0.0489. The second kappa shape index (κ2) is 6.74. The van der Waals surface area contributed by atoms with Gasteiger partial charge in [-0.05, 0) is 49.2 Å². The van der Waals surface area contributed by atoms with Crippen molar-refractivity contribution < 1.29 is 9.18 Å². The van der Waals surface area contributed by atoms with Crippen LogP contribution in [0.3, 0.4) is 0 Å². The molecule has 0 N–H and O–H groups in total. The van der Waals surface area contributed by atoms with E-state index < -0.39 is 0 Å². The van der Waals surface area contributed by atoms with Gasteiger partial charge >= 0.3 is 0 Å². The quantitative estimate of drug-likeness (QED) is 0.609. The van der Waals surface area contributed by atoms with Gasteiger partial charge in [-0.15, -0.1) is 0 Å². The molecule has 2 heterocycles. The van der Waals surface area contributed by atoms with Gasteiger partial charge in [-0.3, -0.25) is 4.79 Å². The summed E-state index contributed by atoms with van der Waals surface area (Å²) in [5, 5.41) is 5.24. The van der Waals surface area contributed by atoms with Gasteiger partial charge in [0.2, 0.25) is 0 Å². The van der Waals surface area contributed by atoms with E-state index in [2.05, 4.69) is 5.10 Å². The molecule has 2 aliphatic rings. The number of carbonyl (C=O) groups is 1. The highest BCUT2D eigenvalue weighted by molar-refractivity contribution is 6.30. The van der Waals surface area contributed by atoms with Crippen LogP contribution in [0.15, 0.2) is 48.5 Å². The summed E-state index contributed by atoms with van der Waals surface area (Å²) in [7, 11) is 0. The summed E-state index contributed by atoms with van der Waals surface area (Å²) < 4.78 is 16.4. The molecular formula is C22H19ClFN3O. The molecule has 1 aromatic heterocycles. The van der Waals surface area contributed by atoms with Gasteiger partial charge < -0.3 is 4.90 Å². The number of halogens is 2. The van der Waals surface area contributed by atoms with Gasteiger partial charge in [0.05, 0.1) is 17.9 Å². The maximum atomic E-state index is 14.7. The van der Waals surface area contributed by atoms with Gasteiger partial charge in [0.25, 0.3) is 5.91 Å². The average Bonchev–Trinajstić information content (AvgIpc) is 3.40. The zero-order valence-electron chi connectivity index (χ0n) is 15.2. The van der Waals surface area contributed by atoms with Crippen LogP contribution in [0.2, 0.25) is 5.02 Å². The number of rotatable bonds is 3. The van der Waals surface area contributed by atoms with Crippen molar-refractivity contribution in [2.45, 2.75) is 38.3 Å². The van der Waals surface area contributed by atoms with Crippen molar-refractivity contribution in [3.8, 4) is 16.9 Å². The zero-order valence-corrected chi connectivity index (χ0v) is 16.0. The van der Waals surface area contributed by atoms with E-state index in [-0.39, 0.29) is 17.8 Å². The Bertz CT molecular complexity index is 1050. The van der Waals surface area contributed by atoms with Crippen LogP contribution >= 0.6 is 11.6 Å². The molecule has 1 saturated carbocycles. The molecule has 1 aliphatic carbocycles. The fraction of sp³-hybridized carbons (Fsp3) is 0.273. The first-order valence-corrected chi connectivity index (χ1v) is 9.95. The fourth-order valence-electron chi connectivity index (χ4n) is 4.36. The van der Waals surface area contributed by atoms with Gasteiger partial charge in [-0.25, -0.2) is 9.07 Å². The molecule has 3 aromatic rings. The lowest BCUT2D eigenvalue weighted by Crippen LogP contribution is -2.34. The van der Waals surface area contributed by atoms with Gasteiger partial charge in [-0.1, -0.05) is 36.6 Å². The van der Waals surface area contributed by atoms with Crippen LogP contribution in [-0.4, -0.2) is 26.6 Å².